The molecule has 2 heterocycles. The first-order valence-corrected chi connectivity index (χ1v) is 7.74. The molecule has 1 unspecified atom stereocenters. The van der Waals surface area contributed by atoms with Crippen molar-refractivity contribution < 1.29 is 4.39 Å². The third kappa shape index (κ3) is 2.37. The number of aliphatic imine (C=N–C) groups is 1. The molecule has 0 aliphatic carbocycles. The maximum atomic E-state index is 14.3. The molecule has 0 saturated carbocycles. The predicted octanol–water partition coefficient (Wildman–Crippen LogP) is 5.01. The number of aromatic nitrogens is 1. The number of halogens is 2. The Hall–Kier alpha value is -2.39. The predicted molar refractivity (Wildman–Crippen MR) is 91.7 cm³/mol. The second kappa shape index (κ2) is 5.36. The van der Waals surface area contributed by atoms with Crippen molar-refractivity contribution in [2.75, 3.05) is 0 Å². The van der Waals surface area contributed by atoms with Crippen molar-refractivity contribution in [3.05, 3.63) is 82.4 Å². The van der Waals surface area contributed by atoms with Crippen LogP contribution in [-0.4, -0.2) is 10.8 Å². The molecule has 2 aromatic carbocycles. The van der Waals surface area contributed by atoms with E-state index < -0.39 is 6.04 Å². The average molecular weight is 325 g/mol. The van der Waals surface area contributed by atoms with Gasteiger partial charge in [0.1, 0.15) is 11.9 Å². The summed E-state index contributed by atoms with van der Waals surface area (Å²) in [7, 11) is 1.98. The Kier molecular flexibility index (Phi) is 3.31. The van der Waals surface area contributed by atoms with Gasteiger partial charge in [-0.05, 0) is 29.3 Å². The van der Waals surface area contributed by atoms with Crippen molar-refractivity contribution in [3.8, 4) is 11.1 Å². The van der Waals surface area contributed by atoms with Crippen LogP contribution in [0.25, 0.3) is 11.1 Å². The molecule has 0 saturated heterocycles. The molecule has 1 aliphatic heterocycles. The molecule has 0 bridgehead atoms. The molecule has 1 aliphatic rings. The highest BCUT2D eigenvalue weighted by atomic mass is 35.5. The molecule has 0 N–H and O–H groups in total. The summed E-state index contributed by atoms with van der Waals surface area (Å²) in [6, 6.07) is 12.1. The number of fused-ring (bicyclic) bond motifs is 3. The van der Waals surface area contributed by atoms with E-state index in [-0.39, 0.29) is 5.82 Å². The van der Waals surface area contributed by atoms with Crippen LogP contribution in [0.1, 0.15) is 22.7 Å². The number of aryl methyl sites for hydroxylation is 1. The van der Waals surface area contributed by atoms with Gasteiger partial charge in [0, 0.05) is 47.4 Å². The first-order chi connectivity index (χ1) is 11.1. The Bertz CT molecular complexity index is 927. The van der Waals surface area contributed by atoms with Crippen molar-refractivity contribution in [3.63, 3.8) is 0 Å². The van der Waals surface area contributed by atoms with Gasteiger partial charge in [0.2, 0.25) is 0 Å². The van der Waals surface area contributed by atoms with Crippen LogP contribution in [0.2, 0.25) is 5.02 Å². The monoisotopic (exact) mass is 324 g/mol. The third-order valence-corrected chi connectivity index (χ3v) is 4.38. The lowest BCUT2D eigenvalue weighted by Gasteiger charge is -2.16. The number of hydrogen-bond donors (Lipinski definition) is 0. The molecule has 114 valence electrons. The van der Waals surface area contributed by atoms with E-state index in [1.54, 1.807) is 12.1 Å². The molecule has 0 fully saturated rings. The molecule has 4 rings (SSSR count). The lowest BCUT2D eigenvalue weighted by molar-refractivity contribution is 0.600. The standard InChI is InChI=1S/C19H14ClFN2/c1-23-10-12-9-22-19(15-4-2-3-5-18(15)21)16-8-13(20)6-7-14(16)17(12)11-23/h2-11,19H,1H3. The third-order valence-electron chi connectivity index (χ3n) is 4.15. The van der Waals surface area contributed by atoms with Gasteiger partial charge in [-0.15, -0.1) is 0 Å². The first-order valence-electron chi connectivity index (χ1n) is 7.37. The number of hydrogen-bond acceptors (Lipinski definition) is 1. The Morgan fingerprint density at radius 2 is 1.87 bits per heavy atom. The van der Waals surface area contributed by atoms with E-state index in [9.17, 15) is 4.39 Å². The minimum absolute atomic E-state index is 0.257. The number of benzene rings is 2. The van der Waals surface area contributed by atoms with Crippen molar-refractivity contribution in [1.82, 2.24) is 4.57 Å². The van der Waals surface area contributed by atoms with Crippen molar-refractivity contribution >= 4 is 17.8 Å². The van der Waals surface area contributed by atoms with Crippen LogP contribution < -0.4 is 0 Å². The number of rotatable bonds is 1. The highest BCUT2D eigenvalue weighted by Gasteiger charge is 2.24. The summed E-state index contributed by atoms with van der Waals surface area (Å²) in [5, 5.41) is 0.625. The van der Waals surface area contributed by atoms with Gasteiger partial charge in [0.25, 0.3) is 0 Å². The van der Waals surface area contributed by atoms with Crippen molar-refractivity contribution in [2.45, 2.75) is 6.04 Å². The van der Waals surface area contributed by atoms with E-state index in [2.05, 4.69) is 11.2 Å². The molecule has 3 aromatic rings. The average Bonchev–Trinajstić information content (AvgIpc) is 2.83. The summed E-state index contributed by atoms with van der Waals surface area (Å²) >= 11 is 6.20. The summed E-state index contributed by atoms with van der Waals surface area (Å²) in [5.41, 5.74) is 4.62. The smallest absolute Gasteiger partial charge is 0.128 e. The molecule has 1 atom stereocenters. The van der Waals surface area contributed by atoms with Crippen LogP contribution in [0, 0.1) is 5.82 Å². The van der Waals surface area contributed by atoms with E-state index >= 15 is 0 Å². The molecule has 23 heavy (non-hydrogen) atoms. The molecular weight excluding hydrogens is 311 g/mol. The van der Waals surface area contributed by atoms with E-state index in [1.165, 1.54) is 6.07 Å². The molecular formula is C19H14ClFN2. The van der Waals surface area contributed by atoms with E-state index in [1.807, 2.05) is 48.3 Å². The Balaban J connectivity index is 2.00. The van der Waals surface area contributed by atoms with Gasteiger partial charge in [-0.1, -0.05) is 35.9 Å². The summed E-state index contributed by atoms with van der Waals surface area (Å²) in [6.45, 7) is 0. The highest BCUT2D eigenvalue weighted by Crippen LogP contribution is 2.40. The van der Waals surface area contributed by atoms with Gasteiger partial charge < -0.3 is 4.57 Å². The fourth-order valence-electron chi connectivity index (χ4n) is 3.12. The van der Waals surface area contributed by atoms with Crippen LogP contribution in [0.5, 0.6) is 0 Å². The van der Waals surface area contributed by atoms with Crippen molar-refractivity contribution in [1.29, 1.82) is 0 Å². The Morgan fingerprint density at radius 3 is 2.70 bits per heavy atom. The summed E-state index contributed by atoms with van der Waals surface area (Å²) in [4.78, 5) is 4.65. The molecule has 0 spiro atoms. The summed E-state index contributed by atoms with van der Waals surface area (Å²) in [6.07, 6.45) is 5.89. The van der Waals surface area contributed by atoms with Crippen LogP contribution in [-0.2, 0) is 7.05 Å². The van der Waals surface area contributed by atoms with Crippen molar-refractivity contribution in [2.24, 2.45) is 12.0 Å². The van der Waals surface area contributed by atoms with Gasteiger partial charge in [0.05, 0.1) is 0 Å². The molecule has 4 heteroatoms. The lowest BCUT2D eigenvalue weighted by atomic mass is 9.92. The zero-order valence-corrected chi connectivity index (χ0v) is 13.3. The molecule has 0 radical (unpaired) electrons. The fourth-order valence-corrected chi connectivity index (χ4v) is 3.30. The van der Waals surface area contributed by atoms with Crippen LogP contribution >= 0.6 is 11.6 Å². The zero-order valence-electron chi connectivity index (χ0n) is 12.5. The first kappa shape index (κ1) is 14.2. The van der Waals surface area contributed by atoms with E-state index in [4.69, 9.17) is 11.6 Å². The van der Waals surface area contributed by atoms with Crippen LogP contribution in [0.3, 0.4) is 0 Å². The van der Waals surface area contributed by atoms with E-state index in [0.29, 0.717) is 10.6 Å². The van der Waals surface area contributed by atoms with Gasteiger partial charge >= 0.3 is 0 Å². The zero-order chi connectivity index (χ0) is 16.0. The summed E-state index contributed by atoms with van der Waals surface area (Å²) < 4.78 is 16.3. The summed E-state index contributed by atoms with van der Waals surface area (Å²) in [5.74, 6) is -0.257. The highest BCUT2D eigenvalue weighted by molar-refractivity contribution is 6.30. The topological polar surface area (TPSA) is 17.3 Å². The van der Waals surface area contributed by atoms with E-state index in [0.717, 1.165) is 22.3 Å². The lowest BCUT2D eigenvalue weighted by Crippen LogP contribution is -2.02. The Morgan fingerprint density at radius 1 is 1.04 bits per heavy atom. The second-order valence-corrected chi connectivity index (χ2v) is 6.16. The van der Waals surface area contributed by atoms with Crippen LogP contribution in [0.15, 0.2) is 59.9 Å². The minimum atomic E-state index is -0.400. The molecule has 2 nitrogen and oxygen atoms in total. The van der Waals surface area contributed by atoms with Gasteiger partial charge in [-0.3, -0.25) is 4.99 Å². The minimum Gasteiger partial charge on any atom is -0.356 e. The maximum Gasteiger partial charge on any atom is 0.128 e. The Labute approximate surface area is 138 Å². The second-order valence-electron chi connectivity index (χ2n) is 5.73. The number of nitrogens with zero attached hydrogens (tertiary/aromatic N) is 2. The maximum absolute atomic E-state index is 14.3. The van der Waals surface area contributed by atoms with Gasteiger partial charge in [-0.2, -0.15) is 0 Å². The van der Waals surface area contributed by atoms with Gasteiger partial charge in [0.15, 0.2) is 0 Å². The SMILES string of the molecule is Cn1cc2c(c1)-c1ccc(Cl)cc1C(c1ccccc1F)N=C2. The normalized spacial score (nSPS) is 15.9. The fraction of sp³-hybridized carbons (Fsp3) is 0.105. The van der Waals surface area contributed by atoms with Gasteiger partial charge in [-0.25, -0.2) is 4.39 Å². The largest absolute Gasteiger partial charge is 0.356 e. The molecule has 0 amide bonds. The molecule has 1 aromatic heterocycles. The van der Waals surface area contributed by atoms with Crippen LogP contribution in [0.4, 0.5) is 4.39 Å². The quantitative estimate of drug-likeness (QED) is 0.599.